The predicted molar refractivity (Wildman–Crippen MR) is 105 cm³/mol. The van der Waals surface area contributed by atoms with Crippen molar-refractivity contribution >= 4 is 11.9 Å². The van der Waals surface area contributed by atoms with Crippen LogP contribution in [0.1, 0.15) is 40.9 Å². The van der Waals surface area contributed by atoms with Gasteiger partial charge < -0.3 is 19.5 Å². The van der Waals surface area contributed by atoms with Gasteiger partial charge in [0.2, 0.25) is 5.91 Å². The van der Waals surface area contributed by atoms with Crippen LogP contribution < -0.4 is 9.47 Å². The van der Waals surface area contributed by atoms with Gasteiger partial charge in [-0.25, -0.2) is 4.79 Å². The van der Waals surface area contributed by atoms with E-state index in [2.05, 4.69) is 0 Å². The number of hydrogen-bond acceptors (Lipinski definition) is 4. The van der Waals surface area contributed by atoms with Gasteiger partial charge in [-0.05, 0) is 61.2 Å². The molecule has 2 aromatic rings. The van der Waals surface area contributed by atoms with Crippen LogP contribution in [0.2, 0.25) is 0 Å². The van der Waals surface area contributed by atoms with Crippen LogP contribution in [0.25, 0.3) is 0 Å². The maximum atomic E-state index is 12.8. The van der Waals surface area contributed by atoms with E-state index < -0.39 is 5.97 Å². The monoisotopic (exact) mass is 383 g/mol. The molecular weight excluding hydrogens is 358 g/mol. The van der Waals surface area contributed by atoms with Gasteiger partial charge in [0.25, 0.3) is 0 Å². The van der Waals surface area contributed by atoms with Gasteiger partial charge in [0.15, 0.2) is 11.5 Å². The highest BCUT2D eigenvalue weighted by Crippen LogP contribution is 2.34. The van der Waals surface area contributed by atoms with E-state index in [9.17, 15) is 9.59 Å². The number of carboxylic acid groups (broad SMARTS) is 1. The molecule has 2 aromatic carbocycles. The number of hydrogen-bond donors (Lipinski definition) is 1. The highest BCUT2D eigenvalue weighted by atomic mass is 16.5. The van der Waals surface area contributed by atoms with Crippen LogP contribution in [0.4, 0.5) is 0 Å². The van der Waals surface area contributed by atoms with Gasteiger partial charge in [0, 0.05) is 13.1 Å². The van der Waals surface area contributed by atoms with Crippen molar-refractivity contribution in [1.29, 1.82) is 0 Å². The number of fused-ring (bicyclic) bond motifs is 1. The molecule has 0 aromatic heterocycles. The zero-order chi connectivity index (χ0) is 20.1. The molecule has 0 spiro atoms. The molecule has 1 heterocycles. The summed E-state index contributed by atoms with van der Waals surface area (Å²) in [5, 5.41) is 9.11. The van der Waals surface area contributed by atoms with Crippen molar-refractivity contribution < 1.29 is 24.2 Å². The minimum atomic E-state index is -0.991. The van der Waals surface area contributed by atoms with Gasteiger partial charge in [-0.2, -0.15) is 0 Å². The molecule has 28 heavy (non-hydrogen) atoms. The molecule has 6 heteroatoms. The molecule has 3 rings (SSSR count). The summed E-state index contributed by atoms with van der Waals surface area (Å²) >= 11 is 0. The molecule has 0 unspecified atom stereocenters. The van der Waals surface area contributed by atoms with E-state index in [4.69, 9.17) is 14.6 Å². The zero-order valence-corrected chi connectivity index (χ0v) is 16.2. The zero-order valence-electron chi connectivity index (χ0n) is 16.2. The van der Waals surface area contributed by atoms with Crippen LogP contribution in [0.15, 0.2) is 36.4 Å². The SMILES string of the molecule is CCOc1cc2c(cc1OCC)CN(C(=O)Cc1cccc(C(=O)O)c1)CC2. The van der Waals surface area contributed by atoms with Crippen molar-refractivity contribution in [1.82, 2.24) is 4.90 Å². The van der Waals surface area contributed by atoms with Gasteiger partial charge in [-0.1, -0.05) is 12.1 Å². The second-order valence-corrected chi connectivity index (χ2v) is 6.68. The summed E-state index contributed by atoms with van der Waals surface area (Å²) < 4.78 is 11.4. The molecular formula is C22H25NO5. The third kappa shape index (κ3) is 4.44. The summed E-state index contributed by atoms with van der Waals surface area (Å²) in [7, 11) is 0. The van der Waals surface area contributed by atoms with E-state index in [1.165, 1.54) is 11.6 Å². The van der Waals surface area contributed by atoms with E-state index in [-0.39, 0.29) is 17.9 Å². The Balaban J connectivity index is 1.75. The van der Waals surface area contributed by atoms with Crippen LogP contribution in [0, 0.1) is 0 Å². The number of carboxylic acids is 1. The second-order valence-electron chi connectivity index (χ2n) is 6.68. The summed E-state index contributed by atoms with van der Waals surface area (Å²) in [5.74, 6) is 0.440. The number of rotatable bonds is 7. The molecule has 0 bridgehead atoms. The number of carbonyl (C=O) groups is 2. The molecule has 148 valence electrons. The molecule has 1 amide bonds. The minimum Gasteiger partial charge on any atom is -0.490 e. The molecule has 0 saturated heterocycles. The highest BCUT2D eigenvalue weighted by molar-refractivity contribution is 5.88. The molecule has 1 aliphatic heterocycles. The van der Waals surface area contributed by atoms with Crippen molar-refractivity contribution in [3.8, 4) is 11.5 Å². The first-order chi connectivity index (χ1) is 13.5. The molecule has 0 radical (unpaired) electrons. The Morgan fingerprint density at radius 2 is 1.71 bits per heavy atom. The fourth-order valence-electron chi connectivity index (χ4n) is 3.41. The van der Waals surface area contributed by atoms with E-state index in [0.29, 0.717) is 37.6 Å². The maximum absolute atomic E-state index is 12.8. The third-order valence-corrected chi connectivity index (χ3v) is 4.76. The average Bonchev–Trinajstić information content (AvgIpc) is 2.68. The number of ether oxygens (including phenoxy) is 2. The fraction of sp³-hybridized carbons (Fsp3) is 0.364. The number of benzene rings is 2. The van der Waals surface area contributed by atoms with Gasteiger partial charge in [-0.3, -0.25) is 4.79 Å². The second kappa shape index (κ2) is 8.78. The maximum Gasteiger partial charge on any atom is 0.335 e. The molecule has 6 nitrogen and oxygen atoms in total. The Labute approximate surface area is 164 Å². The molecule has 0 fully saturated rings. The molecule has 1 N–H and O–H groups in total. The van der Waals surface area contributed by atoms with Gasteiger partial charge in [0.05, 0.1) is 25.2 Å². The topological polar surface area (TPSA) is 76.1 Å². The Morgan fingerprint density at radius 3 is 2.36 bits per heavy atom. The van der Waals surface area contributed by atoms with Gasteiger partial charge in [-0.15, -0.1) is 0 Å². The first kappa shape index (κ1) is 19.7. The smallest absolute Gasteiger partial charge is 0.335 e. The Kier molecular flexibility index (Phi) is 6.19. The van der Waals surface area contributed by atoms with Gasteiger partial charge in [0.1, 0.15) is 0 Å². The number of amides is 1. The van der Waals surface area contributed by atoms with Crippen molar-refractivity contribution in [2.75, 3.05) is 19.8 Å². The van der Waals surface area contributed by atoms with Crippen LogP contribution in [0.3, 0.4) is 0 Å². The highest BCUT2D eigenvalue weighted by Gasteiger charge is 2.23. The molecule has 0 atom stereocenters. The Hall–Kier alpha value is -3.02. The molecule has 0 saturated carbocycles. The Bertz CT molecular complexity index is 877. The van der Waals surface area contributed by atoms with Crippen LogP contribution in [0.5, 0.6) is 11.5 Å². The summed E-state index contributed by atoms with van der Waals surface area (Å²) in [6.07, 6.45) is 0.939. The number of carbonyl (C=O) groups excluding carboxylic acids is 1. The predicted octanol–water partition coefficient (Wildman–Crippen LogP) is 3.31. The van der Waals surface area contributed by atoms with E-state index in [0.717, 1.165) is 17.7 Å². The number of nitrogens with zero attached hydrogens (tertiary/aromatic N) is 1. The lowest BCUT2D eigenvalue weighted by Gasteiger charge is -2.30. The first-order valence-corrected chi connectivity index (χ1v) is 9.53. The van der Waals surface area contributed by atoms with Crippen LogP contribution in [-0.4, -0.2) is 41.6 Å². The van der Waals surface area contributed by atoms with Crippen molar-refractivity contribution in [3.05, 3.63) is 58.7 Å². The summed E-state index contributed by atoms with van der Waals surface area (Å²) in [5.41, 5.74) is 3.13. The average molecular weight is 383 g/mol. The number of aromatic carboxylic acids is 1. The first-order valence-electron chi connectivity index (χ1n) is 9.53. The largest absolute Gasteiger partial charge is 0.490 e. The van der Waals surface area contributed by atoms with Crippen molar-refractivity contribution in [2.24, 2.45) is 0 Å². The van der Waals surface area contributed by atoms with E-state index >= 15 is 0 Å². The van der Waals surface area contributed by atoms with E-state index in [1.807, 2.05) is 30.9 Å². The molecule has 1 aliphatic rings. The Morgan fingerprint density at radius 1 is 1.04 bits per heavy atom. The normalized spacial score (nSPS) is 13.0. The van der Waals surface area contributed by atoms with Crippen molar-refractivity contribution in [3.63, 3.8) is 0 Å². The summed E-state index contributed by atoms with van der Waals surface area (Å²) in [6.45, 7) is 6.12. The van der Waals surface area contributed by atoms with Crippen LogP contribution >= 0.6 is 0 Å². The minimum absolute atomic E-state index is 0.0139. The van der Waals surface area contributed by atoms with Gasteiger partial charge >= 0.3 is 5.97 Å². The lowest BCUT2D eigenvalue weighted by molar-refractivity contribution is -0.131. The molecule has 0 aliphatic carbocycles. The third-order valence-electron chi connectivity index (χ3n) is 4.76. The lowest BCUT2D eigenvalue weighted by Crippen LogP contribution is -2.37. The summed E-state index contributed by atoms with van der Waals surface area (Å²) in [6, 6.07) is 10.5. The van der Waals surface area contributed by atoms with Crippen molar-refractivity contribution in [2.45, 2.75) is 33.2 Å². The van der Waals surface area contributed by atoms with E-state index in [1.54, 1.807) is 18.2 Å². The fourth-order valence-corrected chi connectivity index (χ4v) is 3.41. The quantitative estimate of drug-likeness (QED) is 0.794. The standard InChI is InChI=1S/C22H25NO5/c1-3-27-19-12-16-8-9-23(14-18(16)13-20(19)28-4-2)21(24)11-15-6-5-7-17(10-15)22(25)26/h5-7,10,12-13H,3-4,8-9,11,14H2,1-2H3,(H,25,26). The lowest BCUT2D eigenvalue weighted by atomic mass is 9.98. The van der Waals surface area contributed by atoms with Crippen LogP contribution in [-0.2, 0) is 24.2 Å². The summed E-state index contributed by atoms with van der Waals surface area (Å²) in [4.78, 5) is 25.7.